The molecule has 0 heterocycles. The van der Waals surface area contributed by atoms with Crippen molar-refractivity contribution in [2.24, 2.45) is 11.1 Å². The summed E-state index contributed by atoms with van der Waals surface area (Å²) >= 11 is 0. The van der Waals surface area contributed by atoms with Crippen LogP contribution in [0, 0.1) is 5.41 Å². The van der Waals surface area contributed by atoms with Gasteiger partial charge in [-0.3, -0.25) is 4.79 Å². The normalized spacial score (nSPS) is 19.0. The number of ether oxygens (including phenoxy) is 1. The van der Waals surface area contributed by atoms with Crippen molar-refractivity contribution in [3.05, 3.63) is 12.5 Å². The fourth-order valence-electron chi connectivity index (χ4n) is 1.08. The zero-order chi connectivity index (χ0) is 8.48. The smallest absolute Gasteiger partial charge is 0.318 e. The molecule has 1 rings (SSSR count). The zero-order valence-electron chi connectivity index (χ0n) is 6.72. The molecule has 0 amide bonds. The molecule has 0 aliphatic heterocycles. The number of hydrogen-bond acceptors (Lipinski definition) is 3. The van der Waals surface area contributed by atoms with Gasteiger partial charge in [-0.15, -0.1) is 0 Å². The Balaban J connectivity index is 2.48. The van der Waals surface area contributed by atoms with E-state index < -0.39 is 0 Å². The average Bonchev–Trinajstić information content (AvgIpc) is 2.65. The van der Waals surface area contributed by atoms with Crippen LogP contribution < -0.4 is 5.73 Å². The summed E-state index contributed by atoms with van der Waals surface area (Å²) in [5.74, 6) is -0.220. The molecule has 0 unspecified atom stereocenters. The molecule has 0 atom stereocenters. The number of hydrogen-bond donors (Lipinski definition) is 1. The van der Waals surface area contributed by atoms with Crippen LogP contribution in [0.1, 0.15) is 26.2 Å². The Bertz CT molecular complexity index is 194. The quantitative estimate of drug-likeness (QED) is 0.491. The van der Waals surface area contributed by atoms with E-state index in [1.54, 1.807) is 0 Å². The van der Waals surface area contributed by atoms with Gasteiger partial charge in [0.1, 0.15) is 0 Å². The molecule has 0 spiro atoms. The SMILES string of the molecule is C=C(N)OC(=O)C1(CC)CC1. The summed E-state index contributed by atoms with van der Waals surface area (Å²) in [5.41, 5.74) is 4.92. The van der Waals surface area contributed by atoms with Crippen LogP contribution in [0.15, 0.2) is 12.5 Å². The molecule has 0 bridgehead atoms. The number of carbonyl (C=O) groups excluding carboxylic acids is 1. The van der Waals surface area contributed by atoms with E-state index in [9.17, 15) is 4.79 Å². The minimum atomic E-state index is -0.220. The van der Waals surface area contributed by atoms with Gasteiger partial charge in [0.15, 0.2) is 5.88 Å². The van der Waals surface area contributed by atoms with Crippen LogP contribution in [-0.4, -0.2) is 5.97 Å². The van der Waals surface area contributed by atoms with Crippen LogP contribution in [0.25, 0.3) is 0 Å². The van der Waals surface area contributed by atoms with E-state index in [2.05, 4.69) is 6.58 Å². The molecular formula is C8H13NO2. The molecular weight excluding hydrogens is 142 g/mol. The van der Waals surface area contributed by atoms with Gasteiger partial charge in [0.25, 0.3) is 0 Å². The molecule has 0 aromatic heterocycles. The summed E-state index contributed by atoms with van der Waals surface area (Å²) in [6.45, 7) is 5.29. The van der Waals surface area contributed by atoms with Crippen LogP contribution in [-0.2, 0) is 9.53 Å². The topological polar surface area (TPSA) is 52.3 Å². The van der Waals surface area contributed by atoms with Gasteiger partial charge in [-0.1, -0.05) is 6.92 Å². The van der Waals surface area contributed by atoms with Gasteiger partial charge < -0.3 is 10.5 Å². The third-order valence-electron chi connectivity index (χ3n) is 2.19. The Kier molecular flexibility index (Phi) is 1.89. The number of carbonyl (C=O) groups is 1. The van der Waals surface area contributed by atoms with Gasteiger partial charge >= 0.3 is 5.97 Å². The lowest BCUT2D eigenvalue weighted by molar-refractivity contribution is -0.146. The first kappa shape index (κ1) is 8.11. The predicted octanol–water partition coefficient (Wildman–Crippen LogP) is 1.15. The van der Waals surface area contributed by atoms with E-state index in [-0.39, 0.29) is 17.3 Å². The Labute approximate surface area is 66.2 Å². The van der Waals surface area contributed by atoms with E-state index in [0.29, 0.717) is 0 Å². The minimum Gasteiger partial charge on any atom is -0.410 e. The molecule has 1 aliphatic rings. The second-order valence-electron chi connectivity index (χ2n) is 2.99. The molecule has 11 heavy (non-hydrogen) atoms. The summed E-state index contributed by atoms with van der Waals surface area (Å²) in [5, 5.41) is 0. The van der Waals surface area contributed by atoms with Crippen LogP contribution in [0.5, 0.6) is 0 Å². The molecule has 0 aromatic carbocycles. The van der Waals surface area contributed by atoms with Crippen molar-refractivity contribution in [2.45, 2.75) is 26.2 Å². The van der Waals surface area contributed by atoms with Crippen molar-refractivity contribution in [3.8, 4) is 0 Å². The second-order valence-corrected chi connectivity index (χ2v) is 2.99. The van der Waals surface area contributed by atoms with Gasteiger partial charge in [-0.05, 0) is 25.8 Å². The maximum absolute atomic E-state index is 11.2. The lowest BCUT2D eigenvalue weighted by Gasteiger charge is -2.10. The van der Waals surface area contributed by atoms with Gasteiger partial charge in [0.05, 0.1) is 5.41 Å². The highest BCUT2D eigenvalue weighted by molar-refractivity contribution is 5.80. The number of rotatable bonds is 3. The van der Waals surface area contributed by atoms with Crippen molar-refractivity contribution in [1.29, 1.82) is 0 Å². The molecule has 1 aliphatic carbocycles. The van der Waals surface area contributed by atoms with Crippen LogP contribution in [0.2, 0.25) is 0 Å². The van der Waals surface area contributed by atoms with E-state index >= 15 is 0 Å². The van der Waals surface area contributed by atoms with Crippen molar-refractivity contribution in [1.82, 2.24) is 0 Å². The van der Waals surface area contributed by atoms with Crippen LogP contribution in [0.3, 0.4) is 0 Å². The number of nitrogens with two attached hydrogens (primary N) is 1. The maximum atomic E-state index is 11.2. The van der Waals surface area contributed by atoms with Crippen LogP contribution >= 0.6 is 0 Å². The van der Waals surface area contributed by atoms with Gasteiger partial charge in [-0.25, -0.2) is 0 Å². The van der Waals surface area contributed by atoms with Crippen molar-refractivity contribution >= 4 is 5.97 Å². The molecule has 3 nitrogen and oxygen atoms in total. The standard InChI is InChI=1S/C8H13NO2/c1-3-8(4-5-8)7(10)11-6(2)9/h2-5,9H2,1H3. The van der Waals surface area contributed by atoms with Crippen molar-refractivity contribution in [3.63, 3.8) is 0 Å². The summed E-state index contributed by atoms with van der Waals surface area (Å²) in [6, 6.07) is 0. The fraction of sp³-hybridized carbons (Fsp3) is 0.625. The van der Waals surface area contributed by atoms with Gasteiger partial charge in [-0.2, -0.15) is 0 Å². The molecule has 3 heteroatoms. The Morgan fingerprint density at radius 2 is 2.27 bits per heavy atom. The predicted molar refractivity (Wildman–Crippen MR) is 41.4 cm³/mol. The summed E-state index contributed by atoms with van der Waals surface area (Å²) in [7, 11) is 0. The van der Waals surface area contributed by atoms with E-state index in [4.69, 9.17) is 10.5 Å². The Morgan fingerprint density at radius 1 is 1.73 bits per heavy atom. The minimum absolute atomic E-state index is 0.00488. The summed E-state index contributed by atoms with van der Waals surface area (Å²) in [6.07, 6.45) is 2.68. The zero-order valence-corrected chi connectivity index (χ0v) is 6.72. The lowest BCUT2D eigenvalue weighted by Crippen LogP contribution is -2.19. The average molecular weight is 155 g/mol. The van der Waals surface area contributed by atoms with E-state index in [0.717, 1.165) is 19.3 Å². The number of esters is 1. The second kappa shape index (κ2) is 2.57. The van der Waals surface area contributed by atoms with Crippen molar-refractivity contribution in [2.75, 3.05) is 0 Å². The monoisotopic (exact) mass is 155 g/mol. The van der Waals surface area contributed by atoms with E-state index in [1.165, 1.54) is 0 Å². The lowest BCUT2D eigenvalue weighted by atomic mass is 10.1. The first-order valence-corrected chi connectivity index (χ1v) is 3.77. The summed E-state index contributed by atoms with van der Waals surface area (Å²) in [4.78, 5) is 11.2. The largest absolute Gasteiger partial charge is 0.410 e. The molecule has 1 fully saturated rings. The molecule has 1 saturated carbocycles. The van der Waals surface area contributed by atoms with E-state index in [1.807, 2.05) is 6.92 Å². The third kappa shape index (κ3) is 1.53. The maximum Gasteiger partial charge on any atom is 0.318 e. The third-order valence-corrected chi connectivity index (χ3v) is 2.19. The molecule has 0 aromatic rings. The first-order chi connectivity index (χ1) is 5.10. The molecule has 62 valence electrons. The molecule has 2 N–H and O–H groups in total. The van der Waals surface area contributed by atoms with Crippen molar-refractivity contribution < 1.29 is 9.53 Å². The Morgan fingerprint density at radius 3 is 2.55 bits per heavy atom. The summed E-state index contributed by atoms with van der Waals surface area (Å²) < 4.78 is 4.71. The molecule has 0 saturated heterocycles. The highest BCUT2D eigenvalue weighted by Gasteiger charge is 2.49. The Hall–Kier alpha value is -0.990. The fourth-order valence-corrected chi connectivity index (χ4v) is 1.08. The highest BCUT2D eigenvalue weighted by Crippen LogP contribution is 2.49. The first-order valence-electron chi connectivity index (χ1n) is 3.77. The van der Waals surface area contributed by atoms with Crippen LogP contribution in [0.4, 0.5) is 0 Å². The van der Waals surface area contributed by atoms with Gasteiger partial charge in [0, 0.05) is 0 Å². The highest BCUT2D eigenvalue weighted by atomic mass is 16.5. The molecule has 0 radical (unpaired) electrons. The van der Waals surface area contributed by atoms with Gasteiger partial charge in [0.2, 0.25) is 0 Å².